The molecule has 0 bridgehead atoms. The molecule has 1 saturated heterocycles. The summed E-state index contributed by atoms with van der Waals surface area (Å²) in [5.41, 5.74) is 1.91. The van der Waals surface area contributed by atoms with E-state index in [1.807, 2.05) is 6.92 Å². The summed E-state index contributed by atoms with van der Waals surface area (Å²) in [6.07, 6.45) is 3.43. The number of alkyl halides is 1. The summed E-state index contributed by atoms with van der Waals surface area (Å²) in [5, 5.41) is 13.5. The molecule has 0 saturated carbocycles. The highest BCUT2D eigenvalue weighted by Crippen LogP contribution is 2.26. The van der Waals surface area contributed by atoms with Gasteiger partial charge >= 0.3 is 6.09 Å². The molecule has 0 radical (unpaired) electrons. The van der Waals surface area contributed by atoms with Crippen LogP contribution in [0.4, 0.5) is 21.0 Å². The van der Waals surface area contributed by atoms with Crippen LogP contribution in [-0.4, -0.2) is 49.9 Å². The summed E-state index contributed by atoms with van der Waals surface area (Å²) < 4.78 is 18.1. The number of cyclic esters (lactones) is 1. The molecule has 3 atom stereocenters. The van der Waals surface area contributed by atoms with Gasteiger partial charge in [-0.2, -0.15) is 4.98 Å². The predicted octanol–water partition coefficient (Wildman–Crippen LogP) is 3.94. The fourth-order valence-electron chi connectivity index (χ4n) is 3.47. The van der Waals surface area contributed by atoms with Crippen molar-refractivity contribution in [1.82, 2.24) is 19.9 Å². The van der Waals surface area contributed by atoms with Crippen LogP contribution in [0, 0.1) is 0 Å². The molecule has 1 aromatic carbocycles. The fraction of sp³-hybridized carbons (Fsp3) is 0.318. The molecular formula is C22H22ClFN6O3. The Bertz CT molecular complexity index is 1150. The second kappa shape index (κ2) is 9.63. The lowest BCUT2D eigenvalue weighted by molar-refractivity contribution is 0.142. The molecule has 33 heavy (non-hydrogen) atoms. The summed E-state index contributed by atoms with van der Waals surface area (Å²) in [7, 11) is 0. The zero-order chi connectivity index (χ0) is 23.5. The minimum absolute atomic E-state index is 0.0826. The number of nitrogens with one attached hydrogen (secondary N) is 1. The van der Waals surface area contributed by atoms with Gasteiger partial charge in [-0.25, -0.2) is 24.1 Å². The Morgan fingerprint density at radius 2 is 2.00 bits per heavy atom. The van der Waals surface area contributed by atoms with E-state index in [0.29, 0.717) is 27.8 Å². The molecule has 0 aliphatic carbocycles. The molecule has 1 aliphatic heterocycles. The molecule has 1 unspecified atom stereocenters. The van der Waals surface area contributed by atoms with E-state index >= 15 is 0 Å². The van der Waals surface area contributed by atoms with Gasteiger partial charge in [-0.1, -0.05) is 11.6 Å². The number of aliphatic hydroxyl groups is 1. The monoisotopic (exact) mass is 472 g/mol. The largest absolute Gasteiger partial charge is 0.447 e. The van der Waals surface area contributed by atoms with Crippen molar-refractivity contribution in [2.45, 2.75) is 38.7 Å². The van der Waals surface area contributed by atoms with Gasteiger partial charge in [0, 0.05) is 29.2 Å². The van der Waals surface area contributed by atoms with Gasteiger partial charge < -0.3 is 15.2 Å². The molecule has 0 spiro atoms. The van der Waals surface area contributed by atoms with Gasteiger partial charge in [-0.15, -0.1) is 0 Å². The molecule has 11 heteroatoms. The molecule has 1 aliphatic rings. The maximum atomic E-state index is 13.0. The maximum Gasteiger partial charge on any atom is 0.416 e. The number of benzene rings is 1. The Labute approximate surface area is 194 Å². The fourth-order valence-corrected chi connectivity index (χ4v) is 3.73. The predicted molar refractivity (Wildman–Crippen MR) is 121 cm³/mol. The van der Waals surface area contributed by atoms with E-state index in [1.54, 1.807) is 43.6 Å². The molecule has 1 amide bonds. The number of anilines is 2. The standard InChI is InChI=1S/C22H22ClFN6O3/c1-12(20-26-9-16(10-27-20)15-5-14(8-24)6-17(23)7-15)28-21-25-4-3-19(29-21)30-18(13(2)31)11-33-22(30)32/h3-7,9-10,12-13,18,31H,8,11H2,1-2H3,(H,25,28,29)/t12?,13-,18-/m1/s1. The van der Waals surface area contributed by atoms with Crippen LogP contribution in [0.15, 0.2) is 42.9 Å². The van der Waals surface area contributed by atoms with Crippen LogP contribution in [0.2, 0.25) is 5.02 Å². The van der Waals surface area contributed by atoms with Crippen molar-refractivity contribution in [2.75, 3.05) is 16.8 Å². The summed E-state index contributed by atoms with van der Waals surface area (Å²) in [5.74, 6) is 1.07. The van der Waals surface area contributed by atoms with Crippen molar-refractivity contribution in [3.8, 4) is 11.1 Å². The normalized spacial score (nSPS) is 17.5. The van der Waals surface area contributed by atoms with Crippen molar-refractivity contribution in [3.63, 3.8) is 0 Å². The van der Waals surface area contributed by atoms with E-state index in [4.69, 9.17) is 16.3 Å². The Hall–Kier alpha value is -3.37. The van der Waals surface area contributed by atoms with Gasteiger partial charge in [0.25, 0.3) is 0 Å². The molecule has 172 valence electrons. The number of carbonyl (C=O) groups is 1. The van der Waals surface area contributed by atoms with E-state index in [9.17, 15) is 14.3 Å². The Kier molecular flexibility index (Phi) is 6.66. The number of rotatable bonds is 7. The summed E-state index contributed by atoms with van der Waals surface area (Å²) in [6.45, 7) is 2.90. The van der Waals surface area contributed by atoms with Crippen LogP contribution < -0.4 is 10.2 Å². The van der Waals surface area contributed by atoms with Crippen LogP contribution in [0.3, 0.4) is 0 Å². The number of aromatic nitrogens is 4. The van der Waals surface area contributed by atoms with Gasteiger partial charge in [-0.3, -0.25) is 4.90 Å². The average molecular weight is 473 g/mol. The van der Waals surface area contributed by atoms with Gasteiger partial charge in [-0.05, 0) is 49.2 Å². The van der Waals surface area contributed by atoms with E-state index in [0.717, 1.165) is 5.56 Å². The molecular weight excluding hydrogens is 451 g/mol. The number of amides is 1. The average Bonchev–Trinajstić information content (AvgIpc) is 3.20. The third-order valence-corrected chi connectivity index (χ3v) is 5.42. The highest BCUT2D eigenvalue weighted by atomic mass is 35.5. The lowest BCUT2D eigenvalue weighted by atomic mass is 10.1. The van der Waals surface area contributed by atoms with Gasteiger partial charge in [0.2, 0.25) is 5.95 Å². The van der Waals surface area contributed by atoms with Crippen LogP contribution >= 0.6 is 11.6 Å². The topological polar surface area (TPSA) is 113 Å². The van der Waals surface area contributed by atoms with Crippen molar-refractivity contribution in [2.24, 2.45) is 0 Å². The minimum atomic E-state index is -0.783. The number of halogens is 2. The minimum Gasteiger partial charge on any atom is -0.447 e. The molecule has 4 rings (SSSR count). The highest BCUT2D eigenvalue weighted by molar-refractivity contribution is 6.31. The molecule has 2 N–H and O–H groups in total. The summed E-state index contributed by atoms with van der Waals surface area (Å²) >= 11 is 6.07. The second-order valence-corrected chi connectivity index (χ2v) is 8.11. The zero-order valence-corrected chi connectivity index (χ0v) is 18.7. The first-order chi connectivity index (χ1) is 15.9. The lowest BCUT2D eigenvalue weighted by Gasteiger charge is -2.23. The van der Waals surface area contributed by atoms with E-state index in [1.165, 1.54) is 11.1 Å². The van der Waals surface area contributed by atoms with E-state index < -0.39 is 24.9 Å². The van der Waals surface area contributed by atoms with Crippen molar-refractivity contribution < 1.29 is 19.0 Å². The van der Waals surface area contributed by atoms with Crippen LogP contribution in [0.25, 0.3) is 11.1 Å². The third-order valence-electron chi connectivity index (χ3n) is 5.20. The van der Waals surface area contributed by atoms with E-state index in [-0.39, 0.29) is 18.6 Å². The first-order valence-electron chi connectivity index (χ1n) is 10.3. The number of nitrogens with zero attached hydrogens (tertiary/aromatic N) is 5. The zero-order valence-electron chi connectivity index (χ0n) is 17.9. The lowest BCUT2D eigenvalue weighted by Crippen LogP contribution is -2.41. The van der Waals surface area contributed by atoms with Crippen molar-refractivity contribution >= 4 is 29.5 Å². The molecule has 1 fully saturated rings. The summed E-state index contributed by atoms with van der Waals surface area (Å²) in [4.78, 5) is 30.8. The van der Waals surface area contributed by atoms with Gasteiger partial charge in [0.15, 0.2) is 0 Å². The second-order valence-electron chi connectivity index (χ2n) is 7.67. The van der Waals surface area contributed by atoms with Crippen LogP contribution in [0.5, 0.6) is 0 Å². The molecule has 3 aromatic rings. The molecule has 3 heterocycles. The van der Waals surface area contributed by atoms with Crippen LogP contribution in [0.1, 0.15) is 31.3 Å². The number of carbonyl (C=O) groups excluding carboxylic acids is 1. The first kappa shape index (κ1) is 22.8. The Morgan fingerprint density at radius 1 is 1.24 bits per heavy atom. The third kappa shape index (κ3) is 5.01. The van der Waals surface area contributed by atoms with Crippen molar-refractivity contribution in [1.29, 1.82) is 0 Å². The highest BCUT2D eigenvalue weighted by Gasteiger charge is 2.38. The van der Waals surface area contributed by atoms with Crippen molar-refractivity contribution in [3.05, 3.63) is 59.3 Å². The number of hydrogen-bond donors (Lipinski definition) is 2. The van der Waals surface area contributed by atoms with Gasteiger partial charge in [0.05, 0.1) is 12.1 Å². The smallest absolute Gasteiger partial charge is 0.416 e. The number of ether oxygens (including phenoxy) is 1. The van der Waals surface area contributed by atoms with Gasteiger partial charge in [0.1, 0.15) is 31.0 Å². The first-order valence-corrected chi connectivity index (χ1v) is 10.6. The Morgan fingerprint density at radius 3 is 2.70 bits per heavy atom. The maximum absolute atomic E-state index is 13.0. The molecule has 2 aromatic heterocycles. The number of aliphatic hydroxyl groups excluding tert-OH is 1. The Balaban J connectivity index is 1.50. The van der Waals surface area contributed by atoms with Crippen LogP contribution in [-0.2, 0) is 11.4 Å². The number of hydrogen-bond acceptors (Lipinski definition) is 8. The molecule has 9 nitrogen and oxygen atoms in total. The SMILES string of the molecule is CC(Nc1nccc(N2C(=O)OC[C@@H]2[C@@H](C)O)n1)c1ncc(-c2cc(Cl)cc(CF)c2)cn1. The quantitative estimate of drug-likeness (QED) is 0.531. The summed E-state index contributed by atoms with van der Waals surface area (Å²) in [6, 6.07) is 5.69. The van der Waals surface area contributed by atoms with E-state index in [2.05, 4.69) is 25.3 Å².